The number of halogens is 2. The molecule has 0 heterocycles. The molecule has 192 valence electrons. The third kappa shape index (κ3) is 6.68. The van der Waals surface area contributed by atoms with Gasteiger partial charge in [0.15, 0.2) is 0 Å². The fourth-order valence-corrected chi connectivity index (χ4v) is 4.84. The SMILES string of the molecule is CC(C)c1cccc(C(C)C)c1-c1cccc(-c2c(C(C)C)cccc2C(C)C)c1N=C=O.ClCCl. The Balaban J connectivity index is 0.00000145. The standard InChI is InChI=1S/C31H37NO.CH2Cl2/c1-19(2)23-12-9-13-24(20(3)4)29(23)27-16-11-17-28(31(27)32-18-33)30-25(21(5)6)14-10-15-26(30)22(7)8;2-1-3/h9-17,19-22H,1-8H3;1H2. The van der Waals surface area contributed by atoms with Crippen LogP contribution < -0.4 is 0 Å². The van der Waals surface area contributed by atoms with Crippen LogP contribution in [0.4, 0.5) is 5.69 Å². The molecule has 0 radical (unpaired) electrons. The Morgan fingerprint density at radius 3 is 1.14 bits per heavy atom. The number of benzene rings is 3. The molecule has 0 saturated heterocycles. The molecule has 0 fully saturated rings. The maximum Gasteiger partial charge on any atom is 0.240 e. The molecule has 0 unspecified atom stereocenters. The van der Waals surface area contributed by atoms with Crippen molar-refractivity contribution in [1.29, 1.82) is 0 Å². The summed E-state index contributed by atoms with van der Waals surface area (Å²) in [5, 5.41) is 0.194. The lowest BCUT2D eigenvalue weighted by atomic mass is 9.81. The molecule has 2 nitrogen and oxygen atoms in total. The summed E-state index contributed by atoms with van der Waals surface area (Å²) >= 11 is 9.53. The number of isocyanates is 1. The second kappa shape index (κ2) is 13.8. The molecule has 0 aliphatic carbocycles. The van der Waals surface area contributed by atoms with Crippen molar-refractivity contribution in [3.63, 3.8) is 0 Å². The van der Waals surface area contributed by atoms with Crippen LogP contribution in [0.15, 0.2) is 59.6 Å². The molecule has 0 aromatic heterocycles. The first-order valence-electron chi connectivity index (χ1n) is 12.7. The first kappa shape index (κ1) is 29.8. The number of carbonyl (C=O) groups excluding carboxylic acids is 1. The smallest absolute Gasteiger partial charge is 0.211 e. The van der Waals surface area contributed by atoms with Gasteiger partial charge in [0.25, 0.3) is 0 Å². The van der Waals surface area contributed by atoms with Gasteiger partial charge in [-0.15, -0.1) is 23.2 Å². The molecule has 0 bridgehead atoms. The number of rotatable bonds is 7. The van der Waals surface area contributed by atoms with E-state index in [1.165, 1.54) is 33.4 Å². The summed E-state index contributed by atoms with van der Waals surface area (Å²) in [6.45, 7) is 17.8. The molecular formula is C32H39Cl2NO. The average Bonchev–Trinajstić information content (AvgIpc) is 2.83. The number of para-hydroxylation sites is 1. The zero-order chi connectivity index (χ0) is 27.0. The van der Waals surface area contributed by atoms with Crippen LogP contribution in [0, 0.1) is 0 Å². The summed E-state index contributed by atoms with van der Waals surface area (Å²) in [5.74, 6) is 1.41. The minimum atomic E-state index is 0.194. The van der Waals surface area contributed by atoms with Crippen LogP contribution in [0.1, 0.15) is 101 Å². The molecule has 0 aliphatic rings. The molecule has 3 aromatic carbocycles. The highest BCUT2D eigenvalue weighted by Gasteiger charge is 2.23. The van der Waals surface area contributed by atoms with E-state index in [2.05, 4.69) is 115 Å². The van der Waals surface area contributed by atoms with Gasteiger partial charge in [-0.25, -0.2) is 4.79 Å². The highest BCUT2D eigenvalue weighted by Crippen LogP contribution is 2.47. The zero-order valence-electron chi connectivity index (χ0n) is 22.8. The fraction of sp³-hybridized carbons (Fsp3) is 0.406. The molecule has 3 aromatic rings. The van der Waals surface area contributed by atoms with Crippen molar-refractivity contribution in [2.75, 3.05) is 5.34 Å². The summed E-state index contributed by atoms with van der Waals surface area (Å²) in [5.41, 5.74) is 10.3. The van der Waals surface area contributed by atoms with Crippen LogP contribution in [0.3, 0.4) is 0 Å². The third-order valence-corrected chi connectivity index (χ3v) is 6.48. The first-order valence-corrected chi connectivity index (χ1v) is 13.8. The number of alkyl halides is 2. The van der Waals surface area contributed by atoms with Crippen LogP contribution in [0.2, 0.25) is 0 Å². The second-order valence-corrected chi connectivity index (χ2v) is 11.1. The Labute approximate surface area is 227 Å². The molecule has 36 heavy (non-hydrogen) atoms. The number of hydrogen-bond acceptors (Lipinski definition) is 2. The van der Waals surface area contributed by atoms with Gasteiger partial charge < -0.3 is 0 Å². The van der Waals surface area contributed by atoms with E-state index < -0.39 is 0 Å². The van der Waals surface area contributed by atoms with Crippen LogP contribution >= 0.6 is 23.2 Å². The Morgan fingerprint density at radius 1 is 0.611 bits per heavy atom. The maximum absolute atomic E-state index is 11.7. The number of nitrogens with zero attached hydrogens (tertiary/aromatic N) is 1. The van der Waals surface area contributed by atoms with Crippen molar-refractivity contribution < 1.29 is 4.79 Å². The van der Waals surface area contributed by atoms with E-state index in [0.717, 1.165) is 16.8 Å². The topological polar surface area (TPSA) is 29.4 Å². The third-order valence-electron chi connectivity index (χ3n) is 6.48. The van der Waals surface area contributed by atoms with Gasteiger partial charge in [-0.3, -0.25) is 0 Å². The van der Waals surface area contributed by atoms with Gasteiger partial charge in [-0.2, -0.15) is 4.99 Å². The summed E-state index contributed by atoms with van der Waals surface area (Å²) in [6, 6.07) is 19.4. The molecule has 0 amide bonds. The van der Waals surface area contributed by atoms with Crippen molar-refractivity contribution in [3.05, 3.63) is 76.9 Å². The molecule has 0 saturated carbocycles. The normalized spacial score (nSPS) is 11.1. The zero-order valence-corrected chi connectivity index (χ0v) is 24.3. The number of aliphatic imine (C=N–C) groups is 1. The molecule has 0 atom stereocenters. The molecular weight excluding hydrogens is 485 g/mol. The van der Waals surface area contributed by atoms with E-state index >= 15 is 0 Å². The van der Waals surface area contributed by atoms with E-state index in [9.17, 15) is 4.79 Å². The monoisotopic (exact) mass is 523 g/mol. The van der Waals surface area contributed by atoms with Crippen molar-refractivity contribution in [2.24, 2.45) is 4.99 Å². The highest BCUT2D eigenvalue weighted by molar-refractivity contribution is 6.40. The van der Waals surface area contributed by atoms with Gasteiger partial charge in [-0.1, -0.05) is 110 Å². The Hall–Kier alpha value is -2.38. The summed E-state index contributed by atoms with van der Waals surface area (Å²) in [4.78, 5) is 16.1. The van der Waals surface area contributed by atoms with Crippen LogP contribution in [0.25, 0.3) is 22.3 Å². The van der Waals surface area contributed by atoms with E-state index in [-0.39, 0.29) is 5.34 Å². The predicted octanol–water partition coefficient (Wildman–Crippen LogP) is 10.9. The average molecular weight is 525 g/mol. The van der Waals surface area contributed by atoms with Gasteiger partial charge in [0.1, 0.15) is 0 Å². The number of hydrogen-bond donors (Lipinski definition) is 0. The van der Waals surface area contributed by atoms with Gasteiger partial charge >= 0.3 is 0 Å². The lowest BCUT2D eigenvalue weighted by Gasteiger charge is -2.24. The Morgan fingerprint density at radius 2 is 0.889 bits per heavy atom. The van der Waals surface area contributed by atoms with E-state index in [0.29, 0.717) is 23.7 Å². The molecule has 0 N–H and O–H groups in total. The van der Waals surface area contributed by atoms with Gasteiger partial charge in [-0.05, 0) is 57.1 Å². The molecule has 0 spiro atoms. The lowest BCUT2D eigenvalue weighted by Crippen LogP contribution is -2.02. The van der Waals surface area contributed by atoms with E-state index in [1.54, 1.807) is 0 Å². The lowest BCUT2D eigenvalue weighted by molar-refractivity contribution is 0.565. The van der Waals surface area contributed by atoms with Crippen LogP contribution in [-0.2, 0) is 4.79 Å². The second-order valence-electron chi connectivity index (χ2n) is 10.2. The molecule has 4 heteroatoms. The summed E-state index contributed by atoms with van der Waals surface area (Å²) < 4.78 is 0. The van der Waals surface area contributed by atoms with E-state index in [1.807, 2.05) is 6.08 Å². The van der Waals surface area contributed by atoms with Crippen molar-refractivity contribution in [2.45, 2.75) is 79.1 Å². The predicted molar refractivity (Wildman–Crippen MR) is 158 cm³/mol. The summed E-state index contributed by atoms with van der Waals surface area (Å²) in [6.07, 6.45) is 1.87. The van der Waals surface area contributed by atoms with Crippen molar-refractivity contribution in [3.8, 4) is 22.3 Å². The first-order chi connectivity index (χ1) is 17.1. The highest BCUT2D eigenvalue weighted by atomic mass is 35.5. The van der Waals surface area contributed by atoms with Crippen molar-refractivity contribution >= 4 is 35.0 Å². The van der Waals surface area contributed by atoms with Crippen LogP contribution in [0.5, 0.6) is 0 Å². The van der Waals surface area contributed by atoms with Gasteiger partial charge in [0, 0.05) is 11.1 Å². The van der Waals surface area contributed by atoms with Gasteiger partial charge in [0.2, 0.25) is 6.08 Å². The molecule has 3 rings (SSSR count). The summed E-state index contributed by atoms with van der Waals surface area (Å²) in [7, 11) is 0. The minimum absolute atomic E-state index is 0.194. The Kier molecular flexibility index (Phi) is 11.4. The van der Waals surface area contributed by atoms with Crippen molar-refractivity contribution in [1.82, 2.24) is 0 Å². The minimum Gasteiger partial charge on any atom is -0.211 e. The fourth-order valence-electron chi connectivity index (χ4n) is 4.84. The maximum atomic E-state index is 11.7. The van der Waals surface area contributed by atoms with E-state index in [4.69, 9.17) is 23.2 Å². The Bertz CT molecular complexity index is 1070. The van der Waals surface area contributed by atoms with Crippen LogP contribution in [-0.4, -0.2) is 11.4 Å². The molecule has 0 aliphatic heterocycles. The largest absolute Gasteiger partial charge is 0.240 e. The van der Waals surface area contributed by atoms with Gasteiger partial charge in [0.05, 0.1) is 11.0 Å². The quantitative estimate of drug-likeness (QED) is 0.172.